The molecule has 0 spiro atoms. The summed E-state index contributed by atoms with van der Waals surface area (Å²) in [4.78, 5) is 9.05. The molecule has 1 atom stereocenters. The van der Waals surface area contributed by atoms with Gasteiger partial charge in [-0.25, -0.2) is 9.97 Å². The van der Waals surface area contributed by atoms with Gasteiger partial charge in [0.05, 0.1) is 0 Å². The van der Waals surface area contributed by atoms with Crippen molar-refractivity contribution < 1.29 is 0 Å². The van der Waals surface area contributed by atoms with E-state index in [1.54, 1.807) is 11.8 Å². The molecule has 0 saturated carbocycles. The van der Waals surface area contributed by atoms with Crippen LogP contribution in [0.4, 0.5) is 0 Å². The van der Waals surface area contributed by atoms with Crippen molar-refractivity contribution in [3.63, 3.8) is 0 Å². The maximum atomic E-state index is 4.53. The quantitative estimate of drug-likeness (QED) is 0.904. The van der Waals surface area contributed by atoms with Gasteiger partial charge in [-0.2, -0.15) is 0 Å². The molecule has 0 aliphatic rings. The fourth-order valence-corrected chi connectivity index (χ4v) is 2.99. The van der Waals surface area contributed by atoms with Crippen molar-refractivity contribution in [3.05, 3.63) is 47.3 Å². The Balaban J connectivity index is 2.10. The molecule has 0 bridgehead atoms. The molecule has 1 unspecified atom stereocenters. The summed E-state index contributed by atoms with van der Waals surface area (Å²) in [5.41, 5.74) is 3.49. The Labute approximate surface area is 125 Å². The molecule has 0 radical (unpaired) electrons. The molecule has 0 fully saturated rings. The minimum Gasteiger partial charge on any atom is -0.310 e. The molecule has 2 aromatic rings. The molecule has 2 rings (SSSR count). The van der Waals surface area contributed by atoms with Gasteiger partial charge in [-0.15, -0.1) is 0 Å². The van der Waals surface area contributed by atoms with Crippen LogP contribution in [0.25, 0.3) is 0 Å². The molecule has 0 aliphatic heterocycles. The first-order valence-electron chi connectivity index (χ1n) is 6.91. The van der Waals surface area contributed by atoms with Crippen molar-refractivity contribution in [1.29, 1.82) is 0 Å². The molecule has 106 valence electrons. The van der Waals surface area contributed by atoms with E-state index in [0.29, 0.717) is 6.04 Å². The lowest BCUT2D eigenvalue weighted by Crippen LogP contribution is -2.17. The molecular formula is C16H21N3S. The molecule has 0 aliphatic carbocycles. The zero-order valence-electron chi connectivity index (χ0n) is 12.5. The molecule has 3 nitrogen and oxygen atoms in total. The Bertz CT molecular complexity index is 546. The molecule has 0 aromatic carbocycles. The number of pyridine rings is 2. The second kappa shape index (κ2) is 6.86. The van der Waals surface area contributed by atoms with E-state index in [1.807, 2.05) is 13.1 Å². The molecule has 0 saturated heterocycles. The lowest BCUT2D eigenvalue weighted by molar-refractivity contribution is 0.595. The number of nitrogens with zero attached hydrogens (tertiary/aromatic N) is 2. The highest BCUT2D eigenvalue weighted by atomic mass is 32.2. The van der Waals surface area contributed by atoms with Gasteiger partial charge in [-0.05, 0) is 56.6 Å². The Kier molecular flexibility index (Phi) is 5.15. The summed E-state index contributed by atoms with van der Waals surface area (Å²) < 4.78 is 0. The van der Waals surface area contributed by atoms with Gasteiger partial charge in [0.2, 0.25) is 0 Å². The van der Waals surface area contributed by atoms with E-state index >= 15 is 0 Å². The van der Waals surface area contributed by atoms with E-state index in [-0.39, 0.29) is 0 Å². The van der Waals surface area contributed by atoms with Crippen LogP contribution < -0.4 is 5.32 Å². The van der Waals surface area contributed by atoms with Gasteiger partial charge < -0.3 is 5.32 Å². The van der Waals surface area contributed by atoms with Crippen LogP contribution in [0.1, 0.15) is 36.7 Å². The molecular weight excluding hydrogens is 266 g/mol. The maximum Gasteiger partial charge on any atom is 0.103 e. The third kappa shape index (κ3) is 4.05. The van der Waals surface area contributed by atoms with Gasteiger partial charge in [0.15, 0.2) is 0 Å². The summed E-state index contributed by atoms with van der Waals surface area (Å²) >= 11 is 1.61. The van der Waals surface area contributed by atoms with Crippen molar-refractivity contribution in [2.24, 2.45) is 0 Å². The maximum absolute atomic E-state index is 4.53. The number of hydrogen-bond donors (Lipinski definition) is 1. The van der Waals surface area contributed by atoms with Crippen molar-refractivity contribution in [2.45, 2.75) is 43.8 Å². The normalized spacial score (nSPS) is 12.4. The Morgan fingerprint density at radius 1 is 1.20 bits per heavy atom. The predicted octanol–water partition coefficient (Wildman–Crippen LogP) is 3.92. The zero-order valence-corrected chi connectivity index (χ0v) is 13.3. The number of rotatable bonds is 5. The number of hydrogen-bond acceptors (Lipinski definition) is 4. The van der Waals surface area contributed by atoms with Crippen LogP contribution >= 0.6 is 11.8 Å². The van der Waals surface area contributed by atoms with Gasteiger partial charge >= 0.3 is 0 Å². The Morgan fingerprint density at radius 2 is 2.00 bits per heavy atom. The van der Waals surface area contributed by atoms with Crippen LogP contribution in [-0.4, -0.2) is 16.5 Å². The van der Waals surface area contributed by atoms with Crippen molar-refractivity contribution in [3.8, 4) is 0 Å². The van der Waals surface area contributed by atoms with E-state index in [1.165, 1.54) is 11.1 Å². The van der Waals surface area contributed by atoms with E-state index in [0.717, 1.165) is 22.3 Å². The van der Waals surface area contributed by atoms with Crippen molar-refractivity contribution in [2.75, 3.05) is 6.54 Å². The van der Waals surface area contributed by atoms with Crippen LogP contribution in [-0.2, 0) is 0 Å². The lowest BCUT2D eigenvalue weighted by atomic mass is 10.1. The molecule has 2 heterocycles. The molecule has 2 aromatic heterocycles. The third-order valence-corrected chi connectivity index (χ3v) is 3.92. The molecule has 0 amide bonds. The van der Waals surface area contributed by atoms with Crippen LogP contribution in [0, 0.1) is 13.8 Å². The Morgan fingerprint density at radius 3 is 2.60 bits per heavy atom. The second-order valence-electron chi connectivity index (χ2n) is 4.94. The molecule has 20 heavy (non-hydrogen) atoms. The standard InChI is InChI=1S/C16H21N3S/c1-5-17-13(4)14-6-7-15(18-10-14)20-16-9-11(2)8-12(3)19-16/h6-10,13,17H,5H2,1-4H3. The van der Waals surface area contributed by atoms with Crippen molar-refractivity contribution >= 4 is 11.8 Å². The highest BCUT2D eigenvalue weighted by Crippen LogP contribution is 2.26. The second-order valence-corrected chi connectivity index (χ2v) is 5.98. The number of aryl methyl sites for hydroxylation is 2. The number of nitrogens with one attached hydrogen (secondary N) is 1. The number of aromatic nitrogens is 2. The first-order chi connectivity index (χ1) is 9.58. The fourth-order valence-electron chi connectivity index (χ4n) is 2.10. The summed E-state index contributed by atoms with van der Waals surface area (Å²) in [6, 6.07) is 8.71. The fraction of sp³-hybridized carbons (Fsp3) is 0.375. The minimum absolute atomic E-state index is 0.339. The van der Waals surface area contributed by atoms with Gasteiger partial charge in [-0.1, -0.05) is 24.8 Å². The van der Waals surface area contributed by atoms with Gasteiger partial charge in [0.25, 0.3) is 0 Å². The smallest absolute Gasteiger partial charge is 0.103 e. The summed E-state index contributed by atoms with van der Waals surface area (Å²) in [5, 5.41) is 5.37. The average molecular weight is 287 g/mol. The van der Waals surface area contributed by atoms with Gasteiger partial charge in [0, 0.05) is 17.9 Å². The Hall–Kier alpha value is -1.39. The van der Waals surface area contributed by atoms with Crippen LogP contribution in [0.5, 0.6) is 0 Å². The van der Waals surface area contributed by atoms with Crippen molar-refractivity contribution in [1.82, 2.24) is 15.3 Å². The minimum atomic E-state index is 0.339. The highest BCUT2D eigenvalue weighted by molar-refractivity contribution is 7.99. The third-order valence-electron chi connectivity index (χ3n) is 3.05. The van der Waals surface area contributed by atoms with E-state index in [2.05, 4.69) is 60.3 Å². The van der Waals surface area contributed by atoms with Crippen LogP contribution in [0.3, 0.4) is 0 Å². The SMILES string of the molecule is CCNC(C)c1ccc(Sc2cc(C)cc(C)n2)nc1. The molecule has 1 N–H and O–H groups in total. The van der Waals surface area contributed by atoms with Crippen LogP contribution in [0.2, 0.25) is 0 Å². The monoisotopic (exact) mass is 287 g/mol. The lowest BCUT2D eigenvalue weighted by Gasteiger charge is -2.12. The summed E-state index contributed by atoms with van der Waals surface area (Å²) in [6.45, 7) is 9.34. The average Bonchev–Trinajstić information content (AvgIpc) is 2.38. The van der Waals surface area contributed by atoms with Crippen LogP contribution in [0.15, 0.2) is 40.5 Å². The predicted molar refractivity (Wildman–Crippen MR) is 84.2 cm³/mol. The first kappa shape index (κ1) is 15.0. The topological polar surface area (TPSA) is 37.8 Å². The summed E-state index contributed by atoms with van der Waals surface area (Å²) in [6.07, 6.45) is 1.94. The zero-order chi connectivity index (χ0) is 14.5. The summed E-state index contributed by atoms with van der Waals surface area (Å²) in [5.74, 6) is 0. The van der Waals surface area contributed by atoms with E-state index < -0.39 is 0 Å². The van der Waals surface area contributed by atoms with E-state index in [4.69, 9.17) is 0 Å². The van der Waals surface area contributed by atoms with Gasteiger partial charge in [-0.3, -0.25) is 0 Å². The summed E-state index contributed by atoms with van der Waals surface area (Å²) in [7, 11) is 0. The van der Waals surface area contributed by atoms with E-state index in [9.17, 15) is 0 Å². The van der Waals surface area contributed by atoms with Gasteiger partial charge in [0.1, 0.15) is 10.1 Å². The largest absolute Gasteiger partial charge is 0.310 e. The first-order valence-corrected chi connectivity index (χ1v) is 7.72. The highest BCUT2D eigenvalue weighted by Gasteiger charge is 2.06. The molecule has 4 heteroatoms.